The highest BCUT2D eigenvalue weighted by molar-refractivity contribution is 6.03. The molecule has 15 rings (SSSR count). The van der Waals surface area contributed by atoms with Gasteiger partial charge in [-0.25, -0.2) is 0 Å². The smallest absolute Gasteiger partial charge is 0.0725 e. The van der Waals surface area contributed by atoms with E-state index in [1.54, 1.807) is 0 Å². The van der Waals surface area contributed by atoms with Crippen LogP contribution in [0.2, 0.25) is 0 Å². The van der Waals surface area contributed by atoms with E-state index in [1.165, 1.54) is 122 Å². The fourth-order valence-corrected chi connectivity index (χ4v) is 14.1. The summed E-state index contributed by atoms with van der Waals surface area (Å²) in [6.45, 7) is 9.54. The van der Waals surface area contributed by atoms with E-state index >= 15 is 0 Å². The van der Waals surface area contributed by atoms with Gasteiger partial charge >= 0.3 is 0 Å². The van der Waals surface area contributed by atoms with Gasteiger partial charge < -0.3 is 4.90 Å². The second-order valence-electron chi connectivity index (χ2n) is 21.9. The molecule has 4 aliphatic carbocycles. The molecule has 0 aliphatic heterocycles. The van der Waals surface area contributed by atoms with Crippen LogP contribution in [0, 0.1) is 0 Å². The number of fused-ring (bicyclic) bond motifs is 16. The summed E-state index contributed by atoms with van der Waals surface area (Å²) in [5.74, 6) is 0. The van der Waals surface area contributed by atoms with Crippen LogP contribution in [0.1, 0.15) is 72.2 Å². The normalized spacial score (nSPS) is 14.8. The lowest BCUT2D eigenvalue weighted by Gasteiger charge is -2.31. The maximum atomic E-state index is 2.52. The SMILES string of the molecule is CC1(C)c2ccccc2-c2ccc(-c3ccc(N(c4ccc5c(c4)C(C)(C)c4cc(-c6ccccc6)ccc4-5)c4ccccc4-c4cccc5c4-c4ccccc4C54c5ccccc5-c5ccccc54)cc3)cc21. The third kappa shape index (κ3) is 5.81. The van der Waals surface area contributed by atoms with E-state index in [9.17, 15) is 0 Å². The molecule has 1 spiro atoms. The van der Waals surface area contributed by atoms with Crippen LogP contribution in [0.15, 0.2) is 249 Å². The topological polar surface area (TPSA) is 3.24 Å². The molecule has 0 fully saturated rings. The van der Waals surface area contributed by atoms with Gasteiger partial charge in [-0.15, -0.1) is 0 Å². The first-order chi connectivity index (χ1) is 36.2. The Kier molecular flexibility index (Phi) is 9.04. The van der Waals surface area contributed by atoms with Crippen LogP contribution in [0.25, 0.3) is 77.9 Å². The number of hydrogen-bond donors (Lipinski definition) is 0. The zero-order chi connectivity index (χ0) is 49.5. The van der Waals surface area contributed by atoms with Gasteiger partial charge in [0.1, 0.15) is 0 Å². The third-order valence-electron chi connectivity index (χ3n) is 17.5. The van der Waals surface area contributed by atoms with Crippen molar-refractivity contribution in [2.45, 2.75) is 43.9 Å². The Morgan fingerprint density at radius 2 is 0.635 bits per heavy atom. The van der Waals surface area contributed by atoms with Gasteiger partial charge in [0.15, 0.2) is 0 Å². The highest BCUT2D eigenvalue weighted by Gasteiger charge is 2.52. The molecule has 0 radical (unpaired) electrons. The molecule has 0 unspecified atom stereocenters. The fourth-order valence-electron chi connectivity index (χ4n) is 14.1. The zero-order valence-electron chi connectivity index (χ0n) is 42.1. The minimum absolute atomic E-state index is 0.0746. The van der Waals surface area contributed by atoms with Crippen molar-refractivity contribution in [1.29, 1.82) is 0 Å². The van der Waals surface area contributed by atoms with Gasteiger partial charge in [-0.3, -0.25) is 0 Å². The lowest BCUT2D eigenvalue weighted by molar-refractivity contribution is 0.660. The minimum Gasteiger partial charge on any atom is -0.310 e. The molecule has 0 atom stereocenters. The maximum Gasteiger partial charge on any atom is 0.0725 e. The Balaban J connectivity index is 0.913. The summed E-state index contributed by atoms with van der Waals surface area (Å²) >= 11 is 0. The van der Waals surface area contributed by atoms with Gasteiger partial charge in [0.05, 0.1) is 11.1 Å². The van der Waals surface area contributed by atoms with Crippen molar-refractivity contribution in [3.63, 3.8) is 0 Å². The molecule has 0 amide bonds. The molecule has 0 aromatic heterocycles. The number of benzene rings is 11. The summed E-state index contributed by atoms with van der Waals surface area (Å²) < 4.78 is 0. The van der Waals surface area contributed by atoms with Crippen LogP contribution >= 0.6 is 0 Å². The van der Waals surface area contributed by atoms with E-state index in [0.29, 0.717) is 0 Å². The predicted octanol–water partition coefficient (Wildman–Crippen LogP) is 19.1. The molecule has 11 aromatic carbocycles. The Hall–Kier alpha value is -8.78. The van der Waals surface area contributed by atoms with Crippen molar-refractivity contribution in [2.75, 3.05) is 4.90 Å². The molecule has 74 heavy (non-hydrogen) atoms. The lowest BCUT2D eigenvalue weighted by atomic mass is 9.70. The second-order valence-corrected chi connectivity index (χ2v) is 21.9. The average Bonchev–Trinajstić information content (AvgIpc) is 4.15. The molecule has 0 bridgehead atoms. The van der Waals surface area contributed by atoms with Crippen LogP contribution in [0.4, 0.5) is 17.1 Å². The number of anilines is 3. The van der Waals surface area contributed by atoms with E-state index in [0.717, 1.165) is 17.1 Å². The van der Waals surface area contributed by atoms with Crippen LogP contribution < -0.4 is 4.90 Å². The molecular weight excluding hydrogens is 891 g/mol. The first-order valence-electron chi connectivity index (χ1n) is 26.2. The Morgan fingerprint density at radius 3 is 1.26 bits per heavy atom. The predicted molar refractivity (Wildman–Crippen MR) is 309 cm³/mol. The fraction of sp³-hybridized carbons (Fsp3) is 0.0959. The van der Waals surface area contributed by atoms with Gasteiger partial charge in [0, 0.05) is 27.8 Å². The number of para-hydroxylation sites is 1. The summed E-state index contributed by atoms with van der Waals surface area (Å²) in [6.07, 6.45) is 0. The van der Waals surface area contributed by atoms with E-state index in [-0.39, 0.29) is 10.8 Å². The molecular formula is C73H53N. The molecule has 0 heterocycles. The quantitative estimate of drug-likeness (QED) is 0.161. The largest absolute Gasteiger partial charge is 0.310 e. The average molecular weight is 944 g/mol. The number of hydrogen-bond acceptors (Lipinski definition) is 1. The highest BCUT2D eigenvalue weighted by atomic mass is 15.1. The van der Waals surface area contributed by atoms with Crippen molar-refractivity contribution in [3.8, 4) is 77.9 Å². The third-order valence-corrected chi connectivity index (χ3v) is 17.5. The van der Waals surface area contributed by atoms with Crippen molar-refractivity contribution < 1.29 is 0 Å². The minimum atomic E-state index is -0.434. The molecule has 350 valence electrons. The Morgan fingerprint density at radius 1 is 0.243 bits per heavy atom. The van der Waals surface area contributed by atoms with Crippen LogP contribution in [0.5, 0.6) is 0 Å². The van der Waals surface area contributed by atoms with Gasteiger partial charge in [-0.1, -0.05) is 234 Å². The summed E-state index contributed by atoms with van der Waals surface area (Å²) in [4.78, 5) is 2.52. The van der Waals surface area contributed by atoms with Crippen molar-refractivity contribution in [2.24, 2.45) is 0 Å². The highest BCUT2D eigenvalue weighted by Crippen LogP contribution is 2.64. The lowest BCUT2D eigenvalue weighted by Crippen LogP contribution is -2.25. The van der Waals surface area contributed by atoms with E-state index in [4.69, 9.17) is 0 Å². The zero-order valence-corrected chi connectivity index (χ0v) is 42.1. The molecule has 0 N–H and O–H groups in total. The monoisotopic (exact) mass is 943 g/mol. The van der Waals surface area contributed by atoms with E-state index in [2.05, 4.69) is 281 Å². The molecule has 1 nitrogen and oxygen atoms in total. The first kappa shape index (κ1) is 42.9. The van der Waals surface area contributed by atoms with Crippen LogP contribution in [0.3, 0.4) is 0 Å². The van der Waals surface area contributed by atoms with Crippen molar-refractivity contribution >= 4 is 17.1 Å². The van der Waals surface area contributed by atoms with Crippen LogP contribution in [-0.4, -0.2) is 0 Å². The first-order valence-corrected chi connectivity index (χ1v) is 26.2. The van der Waals surface area contributed by atoms with E-state index < -0.39 is 5.41 Å². The number of nitrogens with zero attached hydrogens (tertiary/aromatic N) is 1. The Labute approximate surface area is 434 Å². The number of rotatable bonds is 6. The summed E-state index contributed by atoms with van der Waals surface area (Å²) in [6, 6.07) is 93.9. The molecule has 0 saturated heterocycles. The molecule has 4 aliphatic rings. The van der Waals surface area contributed by atoms with Gasteiger partial charge in [0.25, 0.3) is 0 Å². The van der Waals surface area contributed by atoms with Gasteiger partial charge in [-0.05, 0) is 159 Å². The van der Waals surface area contributed by atoms with Crippen LogP contribution in [-0.2, 0) is 16.2 Å². The van der Waals surface area contributed by atoms with Gasteiger partial charge in [0.2, 0.25) is 0 Å². The van der Waals surface area contributed by atoms with Crippen molar-refractivity contribution in [3.05, 3.63) is 293 Å². The maximum absolute atomic E-state index is 2.52. The Bertz CT molecular complexity index is 4090. The molecule has 11 aromatic rings. The standard InChI is InChI=1S/C73H53N/c1-71(2)61-27-13-8-21-52(61)55-40-36-49(44-66(55)71)47-33-37-50(38-34-47)74(51-39-42-57-56-41-35-48(46-19-6-5-7-20-46)43-67(56)72(3,4)68(57)45-51)69-32-17-12-24-58(69)59-26-18-31-65-70(59)60-25-11-16-30-64(60)73(65)62-28-14-9-22-53(62)54-23-10-15-29-63(54)73/h5-45H,1-4H3. The molecule has 1 heteroatoms. The summed E-state index contributed by atoms with van der Waals surface area (Å²) in [5, 5.41) is 0. The van der Waals surface area contributed by atoms with E-state index in [1.807, 2.05) is 0 Å². The summed E-state index contributed by atoms with van der Waals surface area (Å²) in [7, 11) is 0. The molecule has 0 saturated carbocycles. The summed E-state index contributed by atoms with van der Waals surface area (Å²) in [5.41, 5.74) is 31.4. The second kappa shape index (κ2) is 15.6. The van der Waals surface area contributed by atoms with Gasteiger partial charge in [-0.2, -0.15) is 0 Å². The van der Waals surface area contributed by atoms with Crippen molar-refractivity contribution in [1.82, 2.24) is 0 Å².